The van der Waals surface area contributed by atoms with Crippen molar-refractivity contribution in [3.8, 4) is 5.75 Å². The number of benzene rings is 1. The lowest BCUT2D eigenvalue weighted by Gasteiger charge is -2.05. The Hall–Kier alpha value is -1.35. The van der Waals surface area contributed by atoms with Gasteiger partial charge < -0.3 is 9.47 Å². The molecule has 3 nitrogen and oxygen atoms in total. The molecule has 0 atom stereocenters. The van der Waals surface area contributed by atoms with Gasteiger partial charge in [-0.1, -0.05) is 19.8 Å². The molecule has 0 aliphatic rings. The van der Waals surface area contributed by atoms with Gasteiger partial charge in [0.1, 0.15) is 12.4 Å². The SMILES string of the molecule is CCCCCOCC(=O)c1ccc(OCC)cc1. The fourth-order valence-corrected chi connectivity index (χ4v) is 1.61. The first-order valence-corrected chi connectivity index (χ1v) is 6.61. The Morgan fingerprint density at radius 3 is 2.44 bits per heavy atom. The summed E-state index contributed by atoms with van der Waals surface area (Å²) in [6.45, 7) is 5.54. The number of hydrogen-bond donors (Lipinski definition) is 0. The summed E-state index contributed by atoms with van der Waals surface area (Å²) in [4.78, 5) is 11.8. The largest absolute Gasteiger partial charge is 0.494 e. The van der Waals surface area contributed by atoms with Gasteiger partial charge in [0.25, 0.3) is 0 Å². The zero-order valence-corrected chi connectivity index (χ0v) is 11.3. The van der Waals surface area contributed by atoms with Crippen LogP contribution in [-0.4, -0.2) is 25.6 Å². The first kappa shape index (κ1) is 14.7. The lowest BCUT2D eigenvalue weighted by atomic mass is 10.1. The number of unbranched alkanes of at least 4 members (excludes halogenated alkanes) is 2. The third-order valence-electron chi connectivity index (χ3n) is 2.61. The maximum absolute atomic E-state index is 11.8. The van der Waals surface area contributed by atoms with Crippen molar-refractivity contribution in [3.05, 3.63) is 29.8 Å². The highest BCUT2D eigenvalue weighted by Gasteiger charge is 2.05. The van der Waals surface area contributed by atoms with E-state index in [0.717, 1.165) is 25.0 Å². The molecule has 0 saturated heterocycles. The van der Waals surface area contributed by atoms with Crippen LogP contribution < -0.4 is 4.74 Å². The van der Waals surface area contributed by atoms with Crippen molar-refractivity contribution >= 4 is 5.78 Å². The Labute approximate surface area is 109 Å². The van der Waals surface area contributed by atoms with Crippen LogP contribution in [0.15, 0.2) is 24.3 Å². The minimum Gasteiger partial charge on any atom is -0.494 e. The van der Waals surface area contributed by atoms with Crippen molar-refractivity contribution in [2.45, 2.75) is 33.1 Å². The molecule has 0 N–H and O–H groups in total. The minimum atomic E-state index is 0.0227. The van der Waals surface area contributed by atoms with E-state index in [1.54, 1.807) is 12.1 Å². The van der Waals surface area contributed by atoms with E-state index in [4.69, 9.17) is 9.47 Å². The average Bonchev–Trinajstić information content (AvgIpc) is 2.39. The average molecular weight is 250 g/mol. The highest BCUT2D eigenvalue weighted by Crippen LogP contribution is 2.12. The molecule has 0 spiro atoms. The quantitative estimate of drug-likeness (QED) is 0.497. The minimum absolute atomic E-state index is 0.0227. The first-order valence-electron chi connectivity index (χ1n) is 6.61. The van der Waals surface area contributed by atoms with E-state index in [0.29, 0.717) is 18.8 Å². The Morgan fingerprint density at radius 1 is 1.11 bits per heavy atom. The maximum Gasteiger partial charge on any atom is 0.188 e. The van der Waals surface area contributed by atoms with Crippen molar-refractivity contribution in [2.24, 2.45) is 0 Å². The van der Waals surface area contributed by atoms with Crippen LogP contribution in [0.5, 0.6) is 5.75 Å². The van der Waals surface area contributed by atoms with Crippen LogP contribution in [0, 0.1) is 0 Å². The van der Waals surface area contributed by atoms with Gasteiger partial charge in [0.2, 0.25) is 0 Å². The Kier molecular flexibility index (Phi) is 7.11. The Bertz CT molecular complexity index is 343. The molecule has 0 heterocycles. The van der Waals surface area contributed by atoms with Crippen LogP contribution in [0.1, 0.15) is 43.5 Å². The van der Waals surface area contributed by atoms with Crippen molar-refractivity contribution in [1.29, 1.82) is 0 Å². The summed E-state index contributed by atoms with van der Waals surface area (Å²) in [5, 5.41) is 0. The van der Waals surface area contributed by atoms with Gasteiger partial charge >= 0.3 is 0 Å². The van der Waals surface area contributed by atoms with Gasteiger partial charge in [-0.25, -0.2) is 0 Å². The van der Waals surface area contributed by atoms with Crippen LogP contribution in [0.25, 0.3) is 0 Å². The molecule has 1 rings (SSSR count). The predicted molar refractivity (Wildman–Crippen MR) is 72.3 cm³/mol. The molecule has 0 aromatic heterocycles. The van der Waals surface area contributed by atoms with E-state index < -0.39 is 0 Å². The van der Waals surface area contributed by atoms with Crippen molar-refractivity contribution < 1.29 is 14.3 Å². The first-order chi connectivity index (χ1) is 8.77. The zero-order chi connectivity index (χ0) is 13.2. The summed E-state index contributed by atoms with van der Waals surface area (Å²) in [5.74, 6) is 0.812. The third kappa shape index (κ3) is 5.32. The van der Waals surface area contributed by atoms with Gasteiger partial charge in [0.05, 0.1) is 6.61 Å². The lowest BCUT2D eigenvalue weighted by molar-refractivity contribution is 0.0753. The molecule has 3 heteroatoms. The highest BCUT2D eigenvalue weighted by atomic mass is 16.5. The van der Waals surface area contributed by atoms with Gasteiger partial charge in [-0.3, -0.25) is 4.79 Å². The molecule has 0 amide bonds. The summed E-state index contributed by atoms with van der Waals surface area (Å²) < 4.78 is 10.7. The summed E-state index contributed by atoms with van der Waals surface area (Å²) in [7, 11) is 0. The number of ketones is 1. The zero-order valence-electron chi connectivity index (χ0n) is 11.3. The molecule has 0 unspecified atom stereocenters. The topological polar surface area (TPSA) is 35.5 Å². The van der Waals surface area contributed by atoms with E-state index in [2.05, 4.69) is 6.92 Å². The van der Waals surface area contributed by atoms with E-state index in [-0.39, 0.29) is 12.4 Å². The second-order valence-electron chi connectivity index (χ2n) is 4.14. The van der Waals surface area contributed by atoms with Crippen molar-refractivity contribution in [3.63, 3.8) is 0 Å². The van der Waals surface area contributed by atoms with Gasteiger partial charge in [-0.15, -0.1) is 0 Å². The van der Waals surface area contributed by atoms with Crippen LogP contribution in [0.2, 0.25) is 0 Å². The van der Waals surface area contributed by atoms with Crippen LogP contribution >= 0.6 is 0 Å². The number of ether oxygens (including phenoxy) is 2. The fourth-order valence-electron chi connectivity index (χ4n) is 1.61. The number of hydrogen-bond acceptors (Lipinski definition) is 3. The smallest absolute Gasteiger partial charge is 0.188 e. The molecular formula is C15H22O3. The molecule has 0 aliphatic carbocycles. The summed E-state index contributed by atoms with van der Waals surface area (Å²) in [6, 6.07) is 7.19. The molecule has 0 saturated carbocycles. The van der Waals surface area contributed by atoms with E-state index in [9.17, 15) is 4.79 Å². The van der Waals surface area contributed by atoms with Crippen molar-refractivity contribution in [2.75, 3.05) is 19.8 Å². The van der Waals surface area contributed by atoms with Crippen LogP contribution in [0.3, 0.4) is 0 Å². The maximum atomic E-state index is 11.8. The van der Waals surface area contributed by atoms with Gasteiger partial charge in [-0.2, -0.15) is 0 Å². The molecule has 18 heavy (non-hydrogen) atoms. The number of carbonyl (C=O) groups is 1. The molecule has 0 radical (unpaired) electrons. The van der Waals surface area contributed by atoms with Crippen molar-refractivity contribution in [1.82, 2.24) is 0 Å². The molecular weight excluding hydrogens is 228 g/mol. The van der Waals surface area contributed by atoms with Gasteiger partial charge in [0.15, 0.2) is 5.78 Å². The van der Waals surface area contributed by atoms with E-state index >= 15 is 0 Å². The summed E-state index contributed by atoms with van der Waals surface area (Å²) in [6.07, 6.45) is 3.33. The lowest BCUT2D eigenvalue weighted by Crippen LogP contribution is -2.09. The molecule has 1 aromatic carbocycles. The highest BCUT2D eigenvalue weighted by molar-refractivity contribution is 5.97. The number of rotatable bonds is 9. The predicted octanol–water partition coefficient (Wildman–Crippen LogP) is 3.47. The fraction of sp³-hybridized carbons (Fsp3) is 0.533. The molecule has 0 fully saturated rings. The molecule has 0 aliphatic heterocycles. The summed E-state index contributed by atoms with van der Waals surface area (Å²) in [5.41, 5.74) is 0.675. The van der Waals surface area contributed by atoms with E-state index in [1.165, 1.54) is 0 Å². The Balaban J connectivity index is 2.32. The number of Topliss-reactive ketones (excluding diaryl/α,β-unsaturated/α-hetero) is 1. The Morgan fingerprint density at radius 2 is 1.83 bits per heavy atom. The van der Waals surface area contributed by atoms with Crippen LogP contribution in [-0.2, 0) is 4.74 Å². The van der Waals surface area contributed by atoms with Gasteiger partial charge in [-0.05, 0) is 37.6 Å². The second kappa shape index (κ2) is 8.70. The second-order valence-corrected chi connectivity index (χ2v) is 4.14. The van der Waals surface area contributed by atoms with Crippen LogP contribution in [0.4, 0.5) is 0 Å². The van der Waals surface area contributed by atoms with E-state index in [1.807, 2.05) is 19.1 Å². The standard InChI is InChI=1S/C15H22O3/c1-3-5-6-11-17-12-15(16)13-7-9-14(10-8-13)18-4-2/h7-10H,3-6,11-12H2,1-2H3. The number of carbonyl (C=O) groups excluding carboxylic acids is 1. The monoisotopic (exact) mass is 250 g/mol. The van der Waals surface area contributed by atoms with Gasteiger partial charge in [0, 0.05) is 12.2 Å². The third-order valence-corrected chi connectivity index (χ3v) is 2.61. The normalized spacial score (nSPS) is 10.3. The molecule has 100 valence electrons. The molecule has 0 bridgehead atoms. The molecule has 1 aromatic rings. The summed E-state index contributed by atoms with van der Waals surface area (Å²) >= 11 is 0.